The van der Waals surface area contributed by atoms with E-state index in [4.69, 9.17) is 10.5 Å². The fourth-order valence-corrected chi connectivity index (χ4v) is 1.61. The molecule has 0 heterocycles. The zero-order valence-electron chi connectivity index (χ0n) is 11.8. The molecule has 2 N–H and O–H groups in total. The number of methoxy groups -OCH3 is 1. The molecule has 0 aliphatic carbocycles. The number of ether oxygens (including phenoxy) is 1. The molecule has 6 heteroatoms. The van der Waals surface area contributed by atoms with Crippen LogP contribution >= 0.6 is 0 Å². The van der Waals surface area contributed by atoms with Crippen molar-refractivity contribution < 1.29 is 14.3 Å². The summed E-state index contributed by atoms with van der Waals surface area (Å²) in [5.74, 6) is -0.289. The molecule has 0 bridgehead atoms. The van der Waals surface area contributed by atoms with E-state index in [2.05, 4.69) is 0 Å². The highest BCUT2D eigenvalue weighted by Crippen LogP contribution is 1.98. The Bertz CT molecular complexity index is 267. The smallest absolute Gasteiger partial charge is 0.242 e. The maximum Gasteiger partial charge on any atom is 0.242 e. The zero-order valence-corrected chi connectivity index (χ0v) is 11.8. The summed E-state index contributed by atoms with van der Waals surface area (Å²) in [4.78, 5) is 26.7. The maximum absolute atomic E-state index is 11.9. The summed E-state index contributed by atoms with van der Waals surface area (Å²) < 4.78 is 4.87. The van der Waals surface area contributed by atoms with Crippen LogP contribution in [0.5, 0.6) is 0 Å². The molecule has 6 nitrogen and oxygen atoms in total. The average molecular weight is 259 g/mol. The van der Waals surface area contributed by atoms with E-state index in [1.165, 1.54) is 4.90 Å². The Kier molecular flexibility index (Phi) is 8.32. The number of amides is 2. The van der Waals surface area contributed by atoms with Crippen LogP contribution in [0.1, 0.15) is 20.3 Å². The number of hydrogen-bond donors (Lipinski definition) is 1. The molecule has 1 unspecified atom stereocenters. The Labute approximate surface area is 109 Å². The Morgan fingerprint density at radius 2 is 1.83 bits per heavy atom. The maximum atomic E-state index is 11.9. The molecule has 0 rings (SSSR count). The predicted octanol–water partition coefficient (Wildman–Crippen LogP) is -0.323. The van der Waals surface area contributed by atoms with Crippen LogP contribution in [-0.2, 0) is 14.3 Å². The third-order valence-corrected chi connectivity index (χ3v) is 2.81. The molecule has 0 fully saturated rings. The van der Waals surface area contributed by atoms with Crippen molar-refractivity contribution >= 4 is 11.8 Å². The number of carbonyl (C=O) groups is 2. The molecule has 0 aromatic carbocycles. The fraction of sp³-hybridized carbons (Fsp3) is 0.833. The van der Waals surface area contributed by atoms with E-state index in [1.807, 2.05) is 13.8 Å². The van der Waals surface area contributed by atoms with Crippen LogP contribution in [0.4, 0.5) is 0 Å². The van der Waals surface area contributed by atoms with Crippen molar-refractivity contribution in [2.45, 2.75) is 26.3 Å². The number of rotatable bonds is 8. The molecule has 0 aromatic rings. The minimum Gasteiger partial charge on any atom is -0.385 e. The van der Waals surface area contributed by atoms with Gasteiger partial charge in [0.25, 0.3) is 0 Å². The van der Waals surface area contributed by atoms with Gasteiger partial charge in [-0.2, -0.15) is 0 Å². The molecule has 0 aliphatic rings. The first-order valence-corrected chi connectivity index (χ1v) is 6.25. The van der Waals surface area contributed by atoms with E-state index in [-0.39, 0.29) is 18.4 Å². The van der Waals surface area contributed by atoms with Crippen LogP contribution in [0.3, 0.4) is 0 Å². The highest BCUT2D eigenvalue weighted by Gasteiger charge is 2.21. The van der Waals surface area contributed by atoms with Gasteiger partial charge in [0, 0.05) is 33.9 Å². The minimum atomic E-state index is -0.612. The number of nitrogens with two attached hydrogens (primary N) is 1. The summed E-state index contributed by atoms with van der Waals surface area (Å²) in [5, 5.41) is 0. The lowest BCUT2D eigenvalue weighted by Crippen LogP contribution is -2.47. The first-order chi connectivity index (χ1) is 8.47. The van der Waals surface area contributed by atoms with Crippen LogP contribution in [0, 0.1) is 0 Å². The van der Waals surface area contributed by atoms with Crippen molar-refractivity contribution in [3.05, 3.63) is 0 Å². The van der Waals surface area contributed by atoms with Crippen LogP contribution in [-0.4, -0.2) is 68.1 Å². The van der Waals surface area contributed by atoms with Crippen molar-refractivity contribution in [3.8, 4) is 0 Å². The summed E-state index contributed by atoms with van der Waals surface area (Å²) in [5.41, 5.74) is 5.72. The van der Waals surface area contributed by atoms with Gasteiger partial charge in [0.05, 0.1) is 12.6 Å². The number of hydrogen-bond acceptors (Lipinski definition) is 4. The molecule has 0 aromatic heterocycles. The van der Waals surface area contributed by atoms with Gasteiger partial charge in [0.1, 0.15) is 0 Å². The zero-order chi connectivity index (χ0) is 14.1. The molecular weight excluding hydrogens is 234 g/mol. The molecule has 0 saturated heterocycles. The van der Waals surface area contributed by atoms with Gasteiger partial charge in [-0.15, -0.1) is 0 Å². The van der Waals surface area contributed by atoms with Gasteiger partial charge in [-0.25, -0.2) is 0 Å². The quantitative estimate of drug-likeness (QED) is 0.648. The Balaban J connectivity index is 4.26. The molecular formula is C12H25N3O3. The topological polar surface area (TPSA) is 75.9 Å². The lowest BCUT2D eigenvalue weighted by Gasteiger charge is -2.25. The van der Waals surface area contributed by atoms with Gasteiger partial charge in [-0.05, 0) is 20.3 Å². The summed E-state index contributed by atoms with van der Waals surface area (Å²) >= 11 is 0. The van der Waals surface area contributed by atoms with Crippen LogP contribution in [0.15, 0.2) is 0 Å². The van der Waals surface area contributed by atoms with E-state index in [9.17, 15) is 9.59 Å². The lowest BCUT2D eigenvalue weighted by atomic mass is 10.2. The Hall–Kier alpha value is -1.14. The largest absolute Gasteiger partial charge is 0.385 e. The van der Waals surface area contributed by atoms with Crippen LogP contribution in [0.2, 0.25) is 0 Å². The summed E-state index contributed by atoms with van der Waals surface area (Å²) in [6.07, 6.45) is 0.457. The van der Waals surface area contributed by atoms with Gasteiger partial charge < -0.3 is 20.3 Å². The second kappa shape index (κ2) is 8.88. The van der Waals surface area contributed by atoms with E-state index in [0.29, 0.717) is 26.1 Å². The van der Waals surface area contributed by atoms with E-state index in [1.54, 1.807) is 19.1 Å². The Morgan fingerprint density at radius 3 is 2.28 bits per heavy atom. The second-order valence-electron chi connectivity index (χ2n) is 4.15. The van der Waals surface area contributed by atoms with Gasteiger partial charge in [-0.1, -0.05) is 0 Å². The molecule has 0 saturated carbocycles. The number of likely N-dealkylation sites (N-methyl/N-ethyl adjacent to an activating group) is 2. The number of carbonyl (C=O) groups excluding carboxylic acids is 2. The van der Waals surface area contributed by atoms with Crippen LogP contribution in [0.25, 0.3) is 0 Å². The van der Waals surface area contributed by atoms with Crippen molar-refractivity contribution in [3.63, 3.8) is 0 Å². The van der Waals surface area contributed by atoms with Crippen molar-refractivity contribution in [1.82, 2.24) is 9.80 Å². The van der Waals surface area contributed by atoms with Gasteiger partial charge in [0.15, 0.2) is 0 Å². The minimum absolute atomic E-state index is 0.0604. The Morgan fingerprint density at radius 1 is 1.28 bits per heavy atom. The fourth-order valence-electron chi connectivity index (χ4n) is 1.61. The highest BCUT2D eigenvalue weighted by molar-refractivity contribution is 5.87. The first-order valence-electron chi connectivity index (χ1n) is 6.25. The third kappa shape index (κ3) is 5.46. The lowest BCUT2D eigenvalue weighted by molar-refractivity contribution is -0.140. The first kappa shape index (κ1) is 16.9. The van der Waals surface area contributed by atoms with Gasteiger partial charge >= 0.3 is 0 Å². The van der Waals surface area contributed by atoms with Gasteiger partial charge in [0.2, 0.25) is 11.8 Å². The average Bonchev–Trinajstić information content (AvgIpc) is 2.36. The second-order valence-corrected chi connectivity index (χ2v) is 4.15. The SMILES string of the molecule is CCN(CC)C(=O)CN(C)C(=O)C(N)CCOC. The van der Waals surface area contributed by atoms with Crippen molar-refractivity contribution in [2.24, 2.45) is 5.73 Å². The summed E-state index contributed by atoms with van der Waals surface area (Å²) in [7, 11) is 3.15. The van der Waals surface area contributed by atoms with E-state index >= 15 is 0 Å². The molecule has 0 aliphatic heterocycles. The van der Waals surface area contributed by atoms with E-state index < -0.39 is 6.04 Å². The molecule has 0 spiro atoms. The number of nitrogens with zero attached hydrogens (tertiary/aromatic N) is 2. The van der Waals surface area contributed by atoms with E-state index in [0.717, 1.165) is 0 Å². The normalized spacial score (nSPS) is 12.1. The summed E-state index contributed by atoms with van der Waals surface area (Å²) in [6.45, 7) is 5.62. The third-order valence-electron chi connectivity index (χ3n) is 2.81. The molecule has 0 radical (unpaired) electrons. The molecule has 2 amide bonds. The van der Waals surface area contributed by atoms with Crippen LogP contribution < -0.4 is 5.73 Å². The standard InChI is InChI=1S/C12H25N3O3/c1-5-15(6-2)11(16)9-14(3)12(17)10(13)7-8-18-4/h10H,5-9,13H2,1-4H3. The highest BCUT2D eigenvalue weighted by atomic mass is 16.5. The predicted molar refractivity (Wildman–Crippen MR) is 70.0 cm³/mol. The van der Waals surface area contributed by atoms with Gasteiger partial charge in [-0.3, -0.25) is 9.59 Å². The summed E-state index contributed by atoms with van der Waals surface area (Å²) in [6, 6.07) is -0.612. The van der Waals surface area contributed by atoms with Crippen molar-refractivity contribution in [1.29, 1.82) is 0 Å². The monoisotopic (exact) mass is 259 g/mol. The molecule has 18 heavy (non-hydrogen) atoms. The molecule has 1 atom stereocenters. The van der Waals surface area contributed by atoms with Crippen molar-refractivity contribution in [2.75, 3.05) is 40.4 Å². The molecule has 106 valence electrons.